The lowest BCUT2D eigenvalue weighted by Crippen LogP contribution is -2.50. The lowest BCUT2D eigenvalue weighted by Gasteiger charge is -2.26. The molecule has 0 saturated carbocycles. The Bertz CT molecular complexity index is 324. The largest absolute Gasteiger partial charge is 0.480 e. The molecule has 0 aliphatic rings. The highest BCUT2D eigenvalue weighted by Crippen LogP contribution is 2.11. The van der Waals surface area contributed by atoms with E-state index in [2.05, 4.69) is 10.3 Å². The van der Waals surface area contributed by atoms with Crippen LogP contribution in [0.4, 0.5) is 0 Å². The predicted molar refractivity (Wildman–Crippen MR) is 61.2 cm³/mol. The van der Waals surface area contributed by atoms with Gasteiger partial charge in [0.05, 0.1) is 6.33 Å². The first-order valence-electron chi connectivity index (χ1n) is 5.52. The number of hydrogen-bond acceptors (Lipinski definition) is 3. The summed E-state index contributed by atoms with van der Waals surface area (Å²) in [6.45, 7) is 5.11. The van der Waals surface area contributed by atoms with Crippen molar-refractivity contribution in [1.29, 1.82) is 0 Å². The van der Waals surface area contributed by atoms with Gasteiger partial charge < -0.3 is 15.0 Å². The van der Waals surface area contributed by atoms with E-state index in [0.29, 0.717) is 19.5 Å². The zero-order valence-electron chi connectivity index (χ0n) is 9.81. The van der Waals surface area contributed by atoms with Crippen LogP contribution in [0.5, 0.6) is 0 Å². The Morgan fingerprint density at radius 2 is 2.38 bits per heavy atom. The van der Waals surface area contributed by atoms with E-state index in [-0.39, 0.29) is 0 Å². The molecular formula is C11H19N3O2. The van der Waals surface area contributed by atoms with Gasteiger partial charge in [0.1, 0.15) is 5.54 Å². The van der Waals surface area contributed by atoms with Gasteiger partial charge in [-0.25, -0.2) is 4.98 Å². The fourth-order valence-electron chi connectivity index (χ4n) is 1.44. The number of carboxylic acids is 1. The van der Waals surface area contributed by atoms with E-state index in [1.54, 1.807) is 19.4 Å². The third-order valence-electron chi connectivity index (χ3n) is 2.67. The van der Waals surface area contributed by atoms with Crippen LogP contribution in [0.2, 0.25) is 0 Å². The van der Waals surface area contributed by atoms with Crippen LogP contribution < -0.4 is 5.32 Å². The summed E-state index contributed by atoms with van der Waals surface area (Å²) in [6, 6.07) is 0. The van der Waals surface area contributed by atoms with Crippen LogP contribution >= 0.6 is 0 Å². The van der Waals surface area contributed by atoms with Crippen molar-refractivity contribution in [2.45, 2.75) is 38.8 Å². The van der Waals surface area contributed by atoms with Crippen LogP contribution in [0.1, 0.15) is 26.7 Å². The average Bonchev–Trinajstić information content (AvgIpc) is 2.76. The van der Waals surface area contributed by atoms with Gasteiger partial charge in [0, 0.05) is 18.9 Å². The standard InChI is InChI=1S/C11H19N3O2/c1-3-5-13-11(2,10(15)16)4-7-14-8-6-12-9-14/h6,8-9,13H,3-5,7H2,1-2H3,(H,15,16). The van der Waals surface area contributed by atoms with Crippen LogP contribution in [0.3, 0.4) is 0 Å². The minimum atomic E-state index is -0.861. The highest BCUT2D eigenvalue weighted by molar-refractivity contribution is 5.78. The Kier molecular flexibility index (Phi) is 4.49. The van der Waals surface area contributed by atoms with Crippen molar-refractivity contribution in [3.8, 4) is 0 Å². The smallest absolute Gasteiger partial charge is 0.323 e. The first-order chi connectivity index (χ1) is 7.58. The van der Waals surface area contributed by atoms with Gasteiger partial charge >= 0.3 is 5.97 Å². The highest BCUT2D eigenvalue weighted by atomic mass is 16.4. The molecule has 16 heavy (non-hydrogen) atoms. The Balaban J connectivity index is 2.53. The van der Waals surface area contributed by atoms with Gasteiger partial charge in [-0.1, -0.05) is 6.92 Å². The van der Waals surface area contributed by atoms with Gasteiger partial charge in [0.25, 0.3) is 0 Å². The molecule has 90 valence electrons. The van der Waals surface area contributed by atoms with Gasteiger partial charge in [0.2, 0.25) is 0 Å². The molecule has 0 saturated heterocycles. The molecule has 0 spiro atoms. The fraction of sp³-hybridized carbons (Fsp3) is 0.636. The predicted octanol–water partition coefficient (Wildman–Crippen LogP) is 1.12. The SMILES string of the molecule is CCCNC(C)(CCn1ccnc1)C(=O)O. The van der Waals surface area contributed by atoms with Crippen molar-refractivity contribution >= 4 is 5.97 Å². The maximum absolute atomic E-state index is 11.2. The molecule has 1 heterocycles. The lowest BCUT2D eigenvalue weighted by molar-refractivity contribution is -0.144. The second-order valence-corrected chi connectivity index (χ2v) is 4.11. The van der Waals surface area contributed by atoms with Gasteiger partial charge in [-0.05, 0) is 26.3 Å². The van der Waals surface area contributed by atoms with Gasteiger partial charge in [-0.15, -0.1) is 0 Å². The van der Waals surface area contributed by atoms with E-state index >= 15 is 0 Å². The van der Waals surface area contributed by atoms with Crippen LogP contribution in [0, 0.1) is 0 Å². The maximum atomic E-state index is 11.2. The molecule has 0 bridgehead atoms. The number of aromatic nitrogens is 2. The van der Waals surface area contributed by atoms with Crippen molar-refractivity contribution in [3.63, 3.8) is 0 Å². The Labute approximate surface area is 95.5 Å². The quantitative estimate of drug-likeness (QED) is 0.729. The molecule has 0 aliphatic carbocycles. The van der Waals surface area contributed by atoms with E-state index in [9.17, 15) is 9.90 Å². The topological polar surface area (TPSA) is 67.2 Å². The van der Waals surface area contributed by atoms with E-state index in [1.807, 2.05) is 17.7 Å². The number of hydrogen-bond donors (Lipinski definition) is 2. The minimum absolute atomic E-state index is 0.540. The molecule has 1 atom stereocenters. The van der Waals surface area contributed by atoms with Crippen molar-refractivity contribution < 1.29 is 9.90 Å². The molecule has 1 unspecified atom stereocenters. The minimum Gasteiger partial charge on any atom is -0.480 e. The second kappa shape index (κ2) is 5.65. The zero-order chi connectivity index (χ0) is 12.0. The summed E-state index contributed by atoms with van der Waals surface area (Å²) in [7, 11) is 0. The molecule has 1 aromatic rings. The zero-order valence-corrected chi connectivity index (χ0v) is 9.81. The summed E-state index contributed by atoms with van der Waals surface area (Å²) < 4.78 is 1.88. The van der Waals surface area contributed by atoms with E-state index in [1.165, 1.54) is 0 Å². The number of nitrogens with zero attached hydrogens (tertiary/aromatic N) is 2. The molecule has 1 rings (SSSR count). The molecule has 5 nitrogen and oxygen atoms in total. The van der Waals surface area contributed by atoms with Crippen LogP contribution in [-0.4, -0.2) is 32.7 Å². The summed E-state index contributed by atoms with van der Waals surface area (Å²) >= 11 is 0. The summed E-state index contributed by atoms with van der Waals surface area (Å²) in [5.41, 5.74) is -0.861. The summed E-state index contributed by atoms with van der Waals surface area (Å²) in [4.78, 5) is 15.1. The van der Waals surface area contributed by atoms with Crippen LogP contribution in [-0.2, 0) is 11.3 Å². The van der Waals surface area contributed by atoms with Crippen molar-refractivity contribution in [1.82, 2.24) is 14.9 Å². The number of carboxylic acid groups (broad SMARTS) is 1. The second-order valence-electron chi connectivity index (χ2n) is 4.11. The van der Waals surface area contributed by atoms with E-state index in [0.717, 1.165) is 6.42 Å². The first-order valence-corrected chi connectivity index (χ1v) is 5.52. The lowest BCUT2D eigenvalue weighted by atomic mass is 9.98. The fourth-order valence-corrected chi connectivity index (χ4v) is 1.44. The maximum Gasteiger partial charge on any atom is 0.323 e. The molecule has 0 aliphatic heterocycles. The van der Waals surface area contributed by atoms with E-state index in [4.69, 9.17) is 0 Å². The van der Waals surface area contributed by atoms with Gasteiger partial charge in [-0.3, -0.25) is 4.79 Å². The Morgan fingerprint density at radius 1 is 1.62 bits per heavy atom. The van der Waals surface area contributed by atoms with Crippen molar-refractivity contribution in [2.24, 2.45) is 0 Å². The van der Waals surface area contributed by atoms with Crippen molar-refractivity contribution in [2.75, 3.05) is 6.54 Å². The third kappa shape index (κ3) is 3.34. The Morgan fingerprint density at radius 3 is 2.88 bits per heavy atom. The number of nitrogens with one attached hydrogen (secondary N) is 1. The van der Waals surface area contributed by atoms with E-state index < -0.39 is 11.5 Å². The molecule has 0 fully saturated rings. The monoisotopic (exact) mass is 225 g/mol. The molecule has 1 aromatic heterocycles. The molecule has 0 radical (unpaired) electrons. The first kappa shape index (κ1) is 12.7. The van der Waals surface area contributed by atoms with Crippen molar-refractivity contribution in [3.05, 3.63) is 18.7 Å². The third-order valence-corrected chi connectivity index (χ3v) is 2.67. The highest BCUT2D eigenvalue weighted by Gasteiger charge is 2.31. The van der Waals surface area contributed by atoms with Gasteiger partial charge in [0.15, 0.2) is 0 Å². The molecule has 0 amide bonds. The Hall–Kier alpha value is -1.36. The van der Waals surface area contributed by atoms with Gasteiger partial charge in [-0.2, -0.15) is 0 Å². The number of aryl methyl sites for hydroxylation is 1. The van der Waals surface area contributed by atoms with Crippen LogP contribution in [0.15, 0.2) is 18.7 Å². The molecule has 0 aromatic carbocycles. The number of carbonyl (C=O) groups is 1. The average molecular weight is 225 g/mol. The summed E-state index contributed by atoms with van der Waals surface area (Å²) in [5.74, 6) is -0.805. The molecular weight excluding hydrogens is 206 g/mol. The number of imidazole rings is 1. The normalized spacial score (nSPS) is 14.6. The summed E-state index contributed by atoms with van der Waals surface area (Å²) in [5, 5.41) is 12.3. The molecule has 5 heteroatoms. The molecule has 2 N–H and O–H groups in total. The number of rotatable bonds is 7. The summed E-state index contributed by atoms with van der Waals surface area (Å²) in [6.07, 6.45) is 6.69. The van der Waals surface area contributed by atoms with Crippen LogP contribution in [0.25, 0.3) is 0 Å². The number of aliphatic carboxylic acids is 1.